The van der Waals surface area contributed by atoms with Crippen molar-refractivity contribution in [3.05, 3.63) is 106 Å². The van der Waals surface area contributed by atoms with Crippen LogP contribution in [0.5, 0.6) is 0 Å². The zero-order chi connectivity index (χ0) is 24.3. The number of ketones is 2. The van der Waals surface area contributed by atoms with Gasteiger partial charge in [0.05, 0.1) is 32.9 Å². The Morgan fingerprint density at radius 3 is 2.29 bits per heavy atom. The molecule has 1 aliphatic rings. The molecule has 8 heteroatoms. The second-order valence-electron chi connectivity index (χ2n) is 8.25. The Balaban J connectivity index is 1.81. The van der Waals surface area contributed by atoms with E-state index in [2.05, 4.69) is 0 Å². The Labute approximate surface area is 198 Å². The first-order valence-corrected chi connectivity index (χ1v) is 10.9. The van der Waals surface area contributed by atoms with Gasteiger partial charge in [0.15, 0.2) is 5.65 Å². The van der Waals surface area contributed by atoms with Crippen LogP contribution in [0.2, 0.25) is 0 Å². The minimum atomic E-state index is -0.693. The van der Waals surface area contributed by atoms with Gasteiger partial charge in [-0.05, 0) is 24.6 Å². The number of aromatic nitrogens is 3. The fourth-order valence-electron chi connectivity index (χ4n) is 4.67. The summed E-state index contributed by atoms with van der Waals surface area (Å²) in [5, 5.41) is 16.8. The molecule has 2 aromatic heterocycles. The van der Waals surface area contributed by atoms with E-state index in [9.17, 15) is 19.7 Å². The first-order valence-electron chi connectivity index (χ1n) is 10.9. The quantitative estimate of drug-likeness (QED) is 0.204. The van der Waals surface area contributed by atoms with Crippen molar-refractivity contribution in [1.82, 2.24) is 14.8 Å². The maximum atomic E-state index is 13.5. The van der Waals surface area contributed by atoms with E-state index in [1.807, 2.05) is 30.3 Å². The number of hydrogen-bond donors (Lipinski definition) is 0. The van der Waals surface area contributed by atoms with E-state index in [0.717, 1.165) is 5.69 Å². The monoisotopic (exact) mass is 460 g/mol. The molecule has 0 amide bonds. The topological polar surface area (TPSA) is 108 Å². The van der Waals surface area contributed by atoms with Gasteiger partial charge in [-0.2, -0.15) is 5.10 Å². The van der Waals surface area contributed by atoms with Crippen LogP contribution in [0.15, 0.2) is 78.9 Å². The average Bonchev–Trinajstić information content (AvgIpc) is 3.22. The number of Topliss-reactive ketones (excluding diaryl/α,β-unsaturated/α-hetero) is 2. The normalized spacial score (nSPS) is 12.5. The van der Waals surface area contributed by atoms with Crippen LogP contribution in [0, 0.1) is 17.0 Å². The molecule has 0 saturated carbocycles. The van der Waals surface area contributed by atoms with Gasteiger partial charge in [-0.15, -0.1) is 0 Å². The second kappa shape index (κ2) is 7.53. The van der Waals surface area contributed by atoms with Crippen molar-refractivity contribution in [3.8, 4) is 28.1 Å². The molecule has 8 nitrogen and oxygen atoms in total. The third kappa shape index (κ3) is 3.00. The van der Waals surface area contributed by atoms with Crippen LogP contribution in [0.1, 0.15) is 26.4 Å². The summed E-state index contributed by atoms with van der Waals surface area (Å²) in [6.45, 7) is 1.79. The molecule has 0 saturated heterocycles. The maximum Gasteiger partial charge on any atom is 0.270 e. The van der Waals surface area contributed by atoms with Crippen LogP contribution in [-0.4, -0.2) is 31.3 Å². The number of pyridine rings is 1. The van der Waals surface area contributed by atoms with E-state index in [0.29, 0.717) is 39.1 Å². The van der Waals surface area contributed by atoms with E-state index in [1.165, 1.54) is 12.1 Å². The highest BCUT2D eigenvalue weighted by molar-refractivity contribution is 6.54. The molecule has 0 fully saturated rings. The van der Waals surface area contributed by atoms with E-state index in [-0.39, 0.29) is 16.8 Å². The van der Waals surface area contributed by atoms with Gasteiger partial charge >= 0.3 is 0 Å². The SMILES string of the molecule is Cc1nn(-c2ccccc2)c2nc3c(c(-c4cccc([N+](=O)[O-])c4)c12)C(=O)C(=O)c1ccccc1-3. The van der Waals surface area contributed by atoms with Crippen LogP contribution in [0.25, 0.3) is 39.1 Å². The number of fused-ring (bicyclic) bond motifs is 4. The van der Waals surface area contributed by atoms with Crippen molar-refractivity contribution < 1.29 is 14.5 Å². The number of nitrogens with zero attached hydrogens (tertiary/aromatic N) is 4. The van der Waals surface area contributed by atoms with E-state index < -0.39 is 16.5 Å². The molecule has 0 unspecified atom stereocenters. The molecule has 0 radical (unpaired) electrons. The molecule has 0 aliphatic heterocycles. The summed E-state index contributed by atoms with van der Waals surface area (Å²) in [6, 6.07) is 22.3. The Hall–Kier alpha value is -4.98. The van der Waals surface area contributed by atoms with Gasteiger partial charge in [-0.25, -0.2) is 9.67 Å². The molecule has 168 valence electrons. The summed E-state index contributed by atoms with van der Waals surface area (Å²) in [7, 11) is 0. The van der Waals surface area contributed by atoms with Gasteiger partial charge in [0.25, 0.3) is 5.69 Å². The Kier molecular flexibility index (Phi) is 4.43. The molecule has 0 atom stereocenters. The van der Waals surface area contributed by atoms with Gasteiger partial charge in [0.1, 0.15) is 0 Å². The highest BCUT2D eigenvalue weighted by Gasteiger charge is 2.36. The Bertz CT molecular complexity index is 1720. The van der Waals surface area contributed by atoms with E-state index >= 15 is 0 Å². The summed E-state index contributed by atoms with van der Waals surface area (Å²) in [6.07, 6.45) is 0. The molecule has 2 heterocycles. The zero-order valence-corrected chi connectivity index (χ0v) is 18.4. The van der Waals surface area contributed by atoms with E-state index in [4.69, 9.17) is 10.1 Å². The minimum absolute atomic E-state index is 0.121. The summed E-state index contributed by atoms with van der Waals surface area (Å²) >= 11 is 0. The summed E-state index contributed by atoms with van der Waals surface area (Å²) in [5.74, 6) is -1.32. The van der Waals surface area contributed by atoms with Gasteiger partial charge in [0.2, 0.25) is 11.6 Å². The first kappa shape index (κ1) is 20.6. The van der Waals surface area contributed by atoms with Crippen molar-refractivity contribution in [1.29, 1.82) is 0 Å². The smallest absolute Gasteiger partial charge is 0.270 e. The number of nitro groups is 1. The molecule has 6 rings (SSSR count). The van der Waals surface area contributed by atoms with Crippen molar-refractivity contribution in [2.75, 3.05) is 0 Å². The summed E-state index contributed by atoms with van der Waals surface area (Å²) < 4.78 is 1.69. The van der Waals surface area contributed by atoms with Crippen molar-refractivity contribution in [3.63, 3.8) is 0 Å². The standard InChI is InChI=1S/C27H16N4O4/c1-15-21-22(16-8-7-11-18(14-16)31(34)35)23-24(19-12-5-6-13-20(19)25(32)26(23)33)28-27(21)30(29-15)17-9-3-2-4-10-17/h2-14H,1H3. The van der Waals surface area contributed by atoms with Crippen molar-refractivity contribution in [2.45, 2.75) is 6.92 Å². The first-order chi connectivity index (χ1) is 17.0. The van der Waals surface area contributed by atoms with Gasteiger partial charge in [0, 0.05) is 28.8 Å². The van der Waals surface area contributed by atoms with Crippen molar-refractivity contribution in [2.24, 2.45) is 0 Å². The predicted octanol–water partition coefficient (Wildman–Crippen LogP) is 5.35. The highest BCUT2D eigenvalue weighted by atomic mass is 16.6. The maximum absolute atomic E-state index is 13.5. The van der Waals surface area contributed by atoms with Crippen molar-refractivity contribution >= 4 is 28.3 Å². The largest absolute Gasteiger partial charge is 0.285 e. The lowest BCUT2D eigenvalue weighted by Gasteiger charge is -2.21. The minimum Gasteiger partial charge on any atom is -0.285 e. The molecule has 5 aromatic rings. The van der Waals surface area contributed by atoms with Crippen LogP contribution in [0.3, 0.4) is 0 Å². The van der Waals surface area contributed by atoms with Gasteiger partial charge in [-0.1, -0.05) is 54.6 Å². The second-order valence-corrected chi connectivity index (χ2v) is 8.25. The van der Waals surface area contributed by atoms with Gasteiger partial charge in [-0.3, -0.25) is 19.7 Å². The Morgan fingerprint density at radius 2 is 1.54 bits per heavy atom. The van der Waals surface area contributed by atoms with Crippen LogP contribution in [0.4, 0.5) is 5.69 Å². The van der Waals surface area contributed by atoms with Crippen LogP contribution >= 0.6 is 0 Å². The molecule has 1 aliphatic carbocycles. The molecular weight excluding hydrogens is 444 g/mol. The summed E-state index contributed by atoms with van der Waals surface area (Å²) in [5.41, 5.74) is 3.90. The summed E-state index contributed by atoms with van der Waals surface area (Å²) in [4.78, 5) is 42.5. The number of carbonyl (C=O) groups excluding carboxylic acids is 2. The highest BCUT2D eigenvalue weighted by Crippen LogP contribution is 2.43. The third-order valence-corrected chi connectivity index (χ3v) is 6.20. The molecule has 35 heavy (non-hydrogen) atoms. The predicted molar refractivity (Wildman–Crippen MR) is 130 cm³/mol. The number of carbonyl (C=O) groups is 2. The third-order valence-electron chi connectivity index (χ3n) is 6.20. The number of benzene rings is 3. The van der Waals surface area contributed by atoms with E-state index in [1.54, 1.807) is 48.0 Å². The average molecular weight is 460 g/mol. The molecular formula is C27H16N4O4. The van der Waals surface area contributed by atoms with Crippen LogP contribution in [-0.2, 0) is 0 Å². The fourth-order valence-corrected chi connectivity index (χ4v) is 4.67. The Morgan fingerprint density at radius 1 is 0.829 bits per heavy atom. The number of aryl methyl sites for hydroxylation is 1. The lowest BCUT2D eigenvalue weighted by atomic mass is 9.82. The number of para-hydroxylation sites is 1. The van der Waals surface area contributed by atoms with Crippen LogP contribution < -0.4 is 0 Å². The number of nitro benzene ring substituents is 1. The fraction of sp³-hybridized carbons (Fsp3) is 0.0370. The lowest BCUT2D eigenvalue weighted by Crippen LogP contribution is -2.23. The zero-order valence-electron chi connectivity index (χ0n) is 18.4. The molecule has 3 aromatic carbocycles. The molecule has 0 N–H and O–H groups in total. The number of non-ortho nitro benzene ring substituents is 1. The molecule has 0 spiro atoms. The molecule has 0 bridgehead atoms. The lowest BCUT2D eigenvalue weighted by molar-refractivity contribution is -0.384. The number of hydrogen-bond acceptors (Lipinski definition) is 6. The van der Waals surface area contributed by atoms with Gasteiger partial charge < -0.3 is 0 Å². The number of rotatable bonds is 3.